The van der Waals surface area contributed by atoms with Crippen molar-refractivity contribution in [1.82, 2.24) is 5.32 Å². The third-order valence-electron chi connectivity index (χ3n) is 4.74. The molecule has 0 spiro atoms. The smallest absolute Gasteiger partial charge is 0.251 e. The molecular formula is C21H24N2O3. The SMILES string of the molecule is CCOc1ccc(C(=O)NC2CCN(c3ccc(C)c(C)c3)C2=O)cc1. The second kappa shape index (κ2) is 7.60. The van der Waals surface area contributed by atoms with Gasteiger partial charge in [-0.3, -0.25) is 9.59 Å². The number of nitrogens with zero attached hydrogens (tertiary/aromatic N) is 1. The number of hydrogen-bond acceptors (Lipinski definition) is 3. The van der Waals surface area contributed by atoms with E-state index in [1.807, 2.05) is 39.0 Å². The summed E-state index contributed by atoms with van der Waals surface area (Å²) in [5.41, 5.74) is 3.75. The topological polar surface area (TPSA) is 58.6 Å². The lowest BCUT2D eigenvalue weighted by Crippen LogP contribution is -2.41. The zero-order valence-corrected chi connectivity index (χ0v) is 15.4. The molecule has 1 atom stereocenters. The van der Waals surface area contributed by atoms with E-state index in [2.05, 4.69) is 5.32 Å². The number of nitrogens with one attached hydrogen (secondary N) is 1. The largest absolute Gasteiger partial charge is 0.494 e. The Hall–Kier alpha value is -2.82. The molecule has 2 aromatic rings. The summed E-state index contributed by atoms with van der Waals surface area (Å²) in [5.74, 6) is 0.419. The van der Waals surface area contributed by atoms with Crippen molar-refractivity contribution < 1.29 is 14.3 Å². The van der Waals surface area contributed by atoms with Gasteiger partial charge in [0.1, 0.15) is 11.8 Å². The number of aryl methyl sites for hydroxylation is 2. The van der Waals surface area contributed by atoms with Crippen LogP contribution in [-0.2, 0) is 4.79 Å². The lowest BCUT2D eigenvalue weighted by Gasteiger charge is -2.18. The zero-order valence-electron chi connectivity index (χ0n) is 15.4. The van der Waals surface area contributed by atoms with Crippen molar-refractivity contribution in [3.05, 3.63) is 59.2 Å². The van der Waals surface area contributed by atoms with Crippen LogP contribution in [0.1, 0.15) is 34.8 Å². The van der Waals surface area contributed by atoms with Gasteiger partial charge in [-0.2, -0.15) is 0 Å². The van der Waals surface area contributed by atoms with Crippen LogP contribution in [0.25, 0.3) is 0 Å². The predicted molar refractivity (Wildman–Crippen MR) is 102 cm³/mol. The van der Waals surface area contributed by atoms with E-state index in [1.54, 1.807) is 29.2 Å². The number of hydrogen-bond donors (Lipinski definition) is 1. The lowest BCUT2D eigenvalue weighted by atomic mass is 10.1. The molecule has 2 aromatic carbocycles. The first-order valence-corrected chi connectivity index (χ1v) is 8.92. The molecule has 5 heteroatoms. The van der Waals surface area contributed by atoms with E-state index in [1.165, 1.54) is 5.56 Å². The summed E-state index contributed by atoms with van der Waals surface area (Å²) in [6.45, 7) is 7.18. The Kier molecular flexibility index (Phi) is 5.26. The maximum Gasteiger partial charge on any atom is 0.251 e. The molecule has 0 aromatic heterocycles. The molecule has 136 valence electrons. The van der Waals surface area contributed by atoms with Crippen molar-refractivity contribution in [3.8, 4) is 5.75 Å². The van der Waals surface area contributed by atoms with Gasteiger partial charge in [0.15, 0.2) is 0 Å². The zero-order chi connectivity index (χ0) is 18.7. The minimum absolute atomic E-state index is 0.0625. The van der Waals surface area contributed by atoms with Crippen molar-refractivity contribution in [2.24, 2.45) is 0 Å². The Morgan fingerprint density at radius 3 is 2.54 bits per heavy atom. The number of ether oxygens (including phenoxy) is 1. The van der Waals surface area contributed by atoms with Gasteiger partial charge in [-0.1, -0.05) is 6.07 Å². The molecule has 2 amide bonds. The number of carbonyl (C=O) groups is 2. The number of anilines is 1. The first-order chi connectivity index (χ1) is 12.5. The minimum atomic E-state index is -0.490. The Bertz CT molecular complexity index is 815. The van der Waals surface area contributed by atoms with Crippen LogP contribution in [0.3, 0.4) is 0 Å². The van der Waals surface area contributed by atoms with Gasteiger partial charge in [-0.25, -0.2) is 0 Å². The fraction of sp³-hybridized carbons (Fsp3) is 0.333. The minimum Gasteiger partial charge on any atom is -0.494 e. The molecule has 5 nitrogen and oxygen atoms in total. The van der Waals surface area contributed by atoms with Gasteiger partial charge in [0.25, 0.3) is 5.91 Å². The molecule has 0 aliphatic carbocycles. The molecule has 1 unspecified atom stereocenters. The first-order valence-electron chi connectivity index (χ1n) is 8.92. The summed E-state index contributed by atoms with van der Waals surface area (Å²) in [6, 6.07) is 12.4. The molecule has 3 rings (SSSR count). The molecule has 0 radical (unpaired) electrons. The molecule has 1 aliphatic heterocycles. The van der Waals surface area contributed by atoms with E-state index in [0.29, 0.717) is 25.1 Å². The Labute approximate surface area is 154 Å². The molecule has 0 saturated carbocycles. The van der Waals surface area contributed by atoms with Crippen LogP contribution in [-0.4, -0.2) is 31.0 Å². The summed E-state index contributed by atoms with van der Waals surface area (Å²) in [6.07, 6.45) is 0.606. The van der Waals surface area contributed by atoms with E-state index in [9.17, 15) is 9.59 Å². The molecule has 1 aliphatic rings. The van der Waals surface area contributed by atoms with Crippen LogP contribution < -0.4 is 15.0 Å². The van der Waals surface area contributed by atoms with Crippen molar-refractivity contribution in [2.75, 3.05) is 18.1 Å². The van der Waals surface area contributed by atoms with Crippen molar-refractivity contribution in [3.63, 3.8) is 0 Å². The Morgan fingerprint density at radius 1 is 1.15 bits per heavy atom. The third-order valence-corrected chi connectivity index (χ3v) is 4.74. The van der Waals surface area contributed by atoms with E-state index in [0.717, 1.165) is 17.0 Å². The molecule has 1 N–H and O–H groups in total. The van der Waals surface area contributed by atoms with Gasteiger partial charge in [0, 0.05) is 17.8 Å². The summed E-state index contributed by atoms with van der Waals surface area (Å²) in [4.78, 5) is 26.9. The van der Waals surface area contributed by atoms with Gasteiger partial charge in [0.2, 0.25) is 5.91 Å². The van der Waals surface area contributed by atoms with E-state index in [-0.39, 0.29) is 11.8 Å². The maximum absolute atomic E-state index is 12.7. The lowest BCUT2D eigenvalue weighted by molar-refractivity contribution is -0.118. The number of rotatable bonds is 5. The molecule has 26 heavy (non-hydrogen) atoms. The molecule has 1 saturated heterocycles. The second-order valence-electron chi connectivity index (χ2n) is 6.53. The normalized spacial score (nSPS) is 16.7. The van der Waals surface area contributed by atoms with Crippen LogP contribution >= 0.6 is 0 Å². The highest BCUT2D eigenvalue weighted by atomic mass is 16.5. The van der Waals surface area contributed by atoms with Crippen molar-refractivity contribution in [2.45, 2.75) is 33.2 Å². The highest BCUT2D eigenvalue weighted by Gasteiger charge is 2.33. The number of carbonyl (C=O) groups excluding carboxylic acids is 2. The average Bonchev–Trinajstić information content (AvgIpc) is 2.99. The summed E-state index contributed by atoms with van der Waals surface area (Å²) >= 11 is 0. The van der Waals surface area contributed by atoms with Crippen molar-refractivity contribution >= 4 is 17.5 Å². The maximum atomic E-state index is 12.7. The van der Waals surface area contributed by atoms with Gasteiger partial charge < -0.3 is 15.0 Å². The summed E-state index contributed by atoms with van der Waals surface area (Å²) in [5, 5.41) is 2.85. The van der Waals surface area contributed by atoms with Crippen LogP contribution in [0.2, 0.25) is 0 Å². The molecule has 1 fully saturated rings. The molecular weight excluding hydrogens is 328 g/mol. The van der Waals surface area contributed by atoms with E-state index < -0.39 is 6.04 Å². The monoisotopic (exact) mass is 352 g/mol. The highest BCUT2D eigenvalue weighted by Crippen LogP contribution is 2.24. The quantitative estimate of drug-likeness (QED) is 0.899. The van der Waals surface area contributed by atoms with Gasteiger partial charge >= 0.3 is 0 Å². The summed E-state index contributed by atoms with van der Waals surface area (Å²) < 4.78 is 5.38. The van der Waals surface area contributed by atoms with Gasteiger partial charge in [0.05, 0.1) is 6.61 Å². The van der Waals surface area contributed by atoms with E-state index in [4.69, 9.17) is 4.74 Å². The highest BCUT2D eigenvalue weighted by molar-refractivity contribution is 6.04. The fourth-order valence-electron chi connectivity index (χ4n) is 3.07. The number of benzene rings is 2. The Morgan fingerprint density at radius 2 is 1.88 bits per heavy atom. The Balaban J connectivity index is 1.66. The van der Waals surface area contributed by atoms with Crippen LogP contribution in [0.4, 0.5) is 5.69 Å². The van der Waals surface area contributed by atoms with E-state index >= 15 is 0 Å². The fourth-order valence-corrected chi connectivity index (χ4v) is 3.07. The number of amides is 2. The molecule has 0 bridgehead atoms. The van der Waals surface area contributed by atoms with Crippen LogP contribution in [0.15, 0.2) is 42.5 Å². The van der Waals surface area contributed by atoms with Crippen LogP contribution in [0.5, 0.6) is 5.75 Å². The molecule has 1 heterocycles. The van der Waals surface area contributed by atoms with Crippen LogP contribution in [0, 0.1) is 13.8 Å². The predicted octanol–water partition coefficient (Wildman–Crippen LogP) is 3.24. The van der Waals surface area contributed by atoms with Gasteiger partial charge in [-0.15, -0.1) is 0 Å². The van der Waals surface area contributed by atoms with Crippen molar-refractivity contribution in [1.29, 1.82) is 0 Å². The second-order valence-corrected chi connectivity index (χ2v) is 6.53. The standard InChI is InChI=1S/C21H24N2O3/c1-4-26-18-9-6-16(7-10-18)20(24)22-19-11-12-23(21(19)25)17-8-5-14(2)15(3)13-17/h5-10,13,19H,4,11-12H2,1-3H3,(H,22,24). The first kappa shape index (κ1) is 18.0. The van der Waals surface area contributed by atoms with Gasteiger partial charge in [-0.05, 0) is 74.7 Å². The average molecular weight is 352 g/mol. The third kappa shape index (κ3) is 3.72. The summed E-state index contributed by atoms with van der Waals surface area (Å²) in [7, 11) is 0.